The molecule has 8 heteroatoms. The van der Waals surface area contributed by atoms with Gasteiger partial charge in [0.05, 0.1) is 18.3 Å². The van der Waals surface area contributed by atoms with Gasteiger partial charge in [-0.2, -0.15) is 15.0 Å². The van der Waals surface area contributed by atoms with Gasteiger partial charge in [0.1, 0.15) is 5.76 Å². The fourth-order valence-corrected chi connectivity index (χ4v) is 2.07. The topological polar surface area (TPSA) is 112 Å². The van der Waals surface area contributed by atoms with Crippen LogP contribution in [0, 0.1) is 13.8 Å². The first-order valence-electron chi connectivity index (χ1n) is 6.85. The second-order valence-electron chi connectivity index (χ2n) is 4.75. The summed E-state index contributed by atoms with van der Waals surface area (Å²) in [6, 6.07) is 0.148. The van der Waals surface area contributed by atoms with Crippen LogP contribution in [0.4, 0.5) is 11.9 Å². The van der Waals surface area contributed by atoms with Crippen molar-refractivity contribution in [3.63, 3.8) is 0 Å². The highest BCUT2D eigenvalue weighted by Crippen LogP contribution is 2.24. The average molecular weight is 292 g/mol. The van der Waals surface area contributed by atoms with Crippen LogP contribution in [0.15, 0.2) is 4.52 Å². The molecule has 0 saturated carbocycles. The molecule has 8 nitrogen and oxygen atoms in total. The third kappa shape index (κ3) is 3.59. The van der Waals surface area contributed by atoms with E-state index in [0.29, 0.717) is 12.6 Å². The van der Waals surface area contributed by atoms with Crippen LogP contribution in [0.3, 0.4) is 0 Å². The van der Waals surface area contributed by atoms with Crippen LogP contribution in [-0.2, 0) is 0 Å². The Morgan fingerprint density at radius 3 is 2.67 bits per heavy atom. The lowest BCUT2D eigenvalue weighted by molar-refractivity contribution is 0.292. The summed E-state index contributed by atoms with van der Waals surface area (Å²) in [5.41, 5.74) is 7.48. The van der Waals surface area contributed by atoms with Gasteiger partial charge in [-0.05, 0) is 27.2 Å². The Labute approximate surface area is 123 Å². The zero-order chi connectivity index (χ0) is 15.4. The standard InChI is InChI=1S/C13H20N6O2/c1-5-6-20-13-17-11(14)16-12(18-13)15-7(2)10-8(3)19-21-9(10)4/h7H,5-6H2,1-4H3,(H3,14,15,16,17,18). The van der Waals surface area contributed by atoms with Crippen molar-refractivity contribution < 1.29 is 9.26 Å². The number of ether oxygens (including phenoxy) is 1. The second-order valence-corrected chi connectivity index (χ2v) is 4.75. The third-order valence-corrected chi connectivity index (χ3v) is 2.93. The van der Waals surface area contributed by atoms with Gasteiger partial charge in [-0.15, -0.1) is 0 Å². The molecule has 2 aromatic heterocycles. The van der Waals surface area contributed by atoms with Crippen LogP contribution in [-0.4, -0.2) is 26.7 Å². The molecule has 1 atom stereocenters. The van der Waals surface area contributed by atoms with E-state index in [1.165, 1.54) is 0 Å². The quantitative estimate of drug-likeness (QED) is 0.831. The van der Waals surface area contributed by atoms with E-state index >= 15 is 0 Å². The maximum absolute atomic E-state index is 5.67. The van der Waals surface area contributed by atoms with Crippen molar-refractivity contribution in [2.24, 2.45) is 0 Å². The molecule has 2 rings (SSSR count). The van der Waals surface area contributed by atoms with Crippen molar-refractivity contribution in [1.29, 1.82) is 0 Å². The van der Waals surface area contributed by atoms with Gasteiger partial charge < -0.3 is 20.3 Å². The Morgan fingerprint density at radius 1 is 1.29 bits per heavy atom. The van der Waals surface area contributed by atoms with E-state index in [1.807, 2.05) is 27.7 Å². The lowest BCUT2D eigenvalue weighted by Gasteiger charge is -2.14. The number of aromatic nitrogens is 4. The summed E-state index contributed by atoms with van der Waals surface area (Å²) in [6.07, 6.45) is 0.865. The zero-order valence-electron chi connectivity index (χ0n) is 12.7. The van der Waals surface area contributed by atoms with Gasteiger partial charge >= 0.3 is 6.01 Å². The highest BCUT2D eigenvalue weighted by molar-refractivity contribution is 5.37. The number of nitrogens with two attached hydrogens (primary N) is 1. The van der Waals surface area contributed by atoms with Crippen LogP contribution in [0.2, 0.25) is 0 Å². The van der Waals surface area contributed by atoms with Crippen LogP contribution >= 0.6 is 0 Å². The van der Waals surface area contributed by atoms with Gasteiger partial charge in [0.25, 0.3) is 0 Å². The number of hydrogen-bond donors (Lipinski definition) is 2. The normalized spacial score (nSPS) is 12.2. The summed E-state index contributed by atoms with van der Waals surface area (Å²) in [4.78, 5) is 12.2. The Balaban J connectivity index is 2.17. The fourth-order valence-electron chi connectivity index (χ4n) is 2.07. The van der Waals surface area contributed by atoms with Crippen molar-refractivity contribution >= 4 is 11.9 Å². The molecule has 0 aliphatic rings. The van der Waals surface area contributed by atoms with Gasteiger partial charge in [0.2, 0.25) is 11.9 Å². The van der Waals surface area contributed by atoms with Gasteiger partial charge in [-0.1, -0.05) is 12.1 Å². The molecule has 0 bridgehead atoms. The Hall–Kier alpha value is -2.38. The van der Waals surface area contributed by atoms with Crippen LogP contribution in [0.1, 0.15) is 43.3 Å². The zero-order valence-corrected chi connectivity index (χ0v) is 12.7. The lowest BCUT2D eigenvalue weighted by Crippen LogP contribution is -2.13. The Kier molecular flexibility index (Phi) is 4.56. The average Bonchev–Trinajstić information content (AvgIpc) is 2.75. The molecule has 0 amide bonds. The van der Waals surface area contributed by atoms with Crippen molar-refractivity contribution in [3.8, 4) is 6.01 Å². The Bertz CT molecular complexity index is 593. The molecule has 0 radical (unpaired) electrons. The first kappa shape index (κ1) is 15.0. The molecular weight excluding hydrogens is 272 g/mol. The van der Waals surface area contributed by atoms with Gasteiger partial charge in [0, 0.05) is 5.56 Å². The number of nitrogens with one attached hydrogen (secondary N) is 1. The van der Waals surface area contributed by atoms with E-state index in [4.69, 9.17) is 15.0 Å². The van der Waals surface area contributed by atoms with Crippen molar-refractivity contribution in [2.75, 3.05) is 17.7 Å². The number of aryl methyl sites for hydroxylation is 2. The highest BCUT2D eigenvalue weighted by atomic mass is 16.5. The summed E-state index contributed by atoms with van der Waals surface area (Å²) in [7, 11) is 0. The summed E-state index contributed by atoms with van der Waals surface area (Å²) in [5, 5.41) is 7.10. The van der Waals surface area contributed by atoms with E-state index in [9.17, 15) is 0 Å². The van der Waals surface area contributed by atoms with Gasteiger partial charge in [0.15, 0.2) is 0 Å². The summed E-state index contributed by atoms with van der Waals surface area (Å²) < 4.78 is 10.5. The summed E-state index contributed by atoms with van der Waals surface area (Å²) in [6.45, 7) is 8.26. The molecule has 1 unspecified atom stereocenters. The molecule has 0 saturated heterocycles. The second kappa shape index (κ2) is 6.38. The van der Waals surface area contributed by atoms with Crippen molar-refractivity contribution in [2.45, 2.75) is 40.2 Å². The molecule has 0 aliphatic heterocycles. The highest BCUT2D eigenvalue weighted by Gasteiger charge is 2.18. The predicted molar refractivity (Wildman–Crippen MR) is 78.0 cm³/mol. The maximum Gasteiger partial charge on any atom is 0.323 e. The molecule has 2 heterocycles. The first-order chi connectivity index (χ1) is 10.0. The number of rotatable bonds is 6. The van der Waals surface area contributed by atoms with Crippen LogP contribution in [0.5, 0.6) is 6.01 Å². The number of nitrogen functional groups attached to an aromatic ring is 1. The summed E-state index contributed by atoms with van der Waals surface area (Å²) >= 11 is 0. The van der Waals surface area contributed by atoms with E-state index < -0.39 is 0 Å². The largest absolute Gasteiger partial charge is 0.463 e. The third-order valence-electron chi connectivity index (χ3n) is 2.93. The molecule has 0 spiro atoms. The Morgan fingerprint density at radius 2 is 2.05 bits per heavy atom. The van der Waals surface area contributed by atoms with Crippen molar-refractivity contribution in [1.82, 2.24) is 20.1 Å². The maximum atomic E-state index is 5.67. The van der Waals surface area contributed by atoms with Crippen LogP contribution < -0.4 is 15.8 Å². The minimum absolute atomic E-state index is 0.0722. The molecular formula is C13H20N6O2. The van der Waals surface area contributed by atoms with E-state index in [1.54, 1.807) is 0 Å². The number of nitrogens with zero attached hydrogens (tertiary/aromatic N) is 4. The SMILES string of the molecule is CCCOc1nc(N)nc(NC(C)c2c(C)noc2C)n1. The molecule has 0 aromatic carbocycles. The molecule has 114 valence electrons. The molecule has 21 heavy (non-hydrogen) atoms. The van der Waals surface area contributed by atoms with Gasteiger partial charge in [-0.3, -0.25) is 0 Å². The minimum atomic E-state index is -0.0722. The van der Waals surface area contributed by atoms with Crippen LogP contribution in [0.25, 0.3) is 0 Å². The molecule has 0 fully saturated rings. The van der Waals surface area contributed by atoms with E-state index in [-0.39, 0.29) is 18.0 Å². The minimum Gasteiger partial charge on any atom is -0.463 e. The van der Waals surface area contributed by atoms with E-state index in [0.717, 1.165) is 23.4 Å². The summed E-state index contributed by atoms with van der Waals surface area (Å²) in [5.74, 6) is 1.24. The predicted octanol–water partition coefficient (Wildman–Crippen LogP) is 2.02. The lowest BCUT2D eigenvalue weighted by atomic mass is 10.1. The molecule has 2 aromatic rings. The molecule has 3 N–H and O–H groups in total. The molecule has 0 aliphatic carbocycles. The first-order valence-corrected chi connectivity index (χ1v) is 6.85. The van der Waals surface area contributed by atoms with Gasteiger partial charge in [-0.25, -0.2) is 0 Å². The van der Waals surface area contributed by atoms with E-state index in [2.05, 4.69) is 25.4 Å². The number of hydrogen-bond acceptors (Lipinski definition) is 8. The number of anilines is 2. The monoisotopic (exact) mass is 292 g/mol. The van der Waals surface area contributed by atoms with Crippen molar-refractivity contribution in [3.05, 3.63) is 17.0 Å². The smallest absolute Gasteiger partial charge is 0.323 e. The fraction of sp³-hybridized carbons (Fsp3) is 0.538.